The van der Waals surface area contributed by atoms with Gasteiger partial charge in [0, 0.05) is 30.4 Å². The van der Waals surface area contributed by atoms with Crippen LogP contribution in [0, 0.1) is 15.9 Å². The number of halogens is 1. The predicted octanol–water partition coefficient (Wildman–Crippen LogP) is 6.25. The summed E-state index contributed by atoms with van der Waals surface area (Å²) in [6.07, 6.45) is 0.580. The maximum absolute atomic E-state index is 13.9. The number of rotatable bonds is 16. The van der Waals surface area contributed by atoms with Crippen molar-refractivity contribution in [3.8, 4) is 11.1 Å². The van der Waals surface area contributed by atoms with E-state index in [9.17, 15) is 29.5 Å². The van der Waals surface area contributed by atoms with Gasteiger partial charge in [-0.05, 0) is 46.2 Å². The highest BCUT2D eigenvalue weighted by Crippen LogP contribution is 2.38. The molecular weight excluding hydrogens is 583 g/mol. The highest BCUT2D eigenvalue weighted by molar-refractivity contribution is 5.80. The SMILES string of the molecule is COCc1c(C(C)C)nc(C(C)C)c(/C=C/[C@@H](O)C[C@@H](O)CC(=O)OCc2cccc(CO[N+](=O)[O-])c2)c1-c1ccc(F)cc1. The van der Waals surface area contributed by atoms with E-state index in [1.807, 2.05) is 13.8 Å². The number of ether oxygens (including phenoxy) is 2. The third-order valence-corrected chi connectivity index (χ3v) is 7.04. The first-order valence-corrected chi connectivity index (χ1v) is 14.8. The molecule has 10 nitrogen and oxygen atoms in total. The van der Waals surface area contributed by atoms with Crippen molar-refractivity contribution in [3.63, 3.8) is 0 Å². The third-order valence-electron chi connectivity index (χ3n) is 7.04. The molecule has 0 bridgehead atoms. The molecule has 0 aliphatic heterocycles. The fourth-order valence-electron chi connectivity index (χ4n) is 5.00. The number of nitrogens with zero attached hydrogens (tertiary/aromatic N) is 2. The molecule has 0 unspecified atom stereocenters. The Bertz CT molecular complexity index is 1470. The second-order valence-corrected chi connectivity index (χ2v) is 11.4. The van der Waals surface area contributed by atoms with Gasteiger partial charge in [-0.15, -0.1) is 10.1 Å². The minimum Gasteiger partial charge on any atom is -0.461 e. The van der Waals surface area contributed by atoms with Gasteiger partial charge in [0.05, 0.1) is 30.9 Å². The van der Waals surface area contributed by atoms with Crippen molar-refractivity contribution in [2.45, 2.75) is 84.4 Å². The zero-order valence-corrected chi connectivity index (χ0v) is 26.2. The van der Waals surface area contributed by atoms with Crippen LogP contribution in [0.3, 0.4) is 0 Å². The zero-order valence-electron chi connectivity index (χ0n) is 26.2. The average molecular weight is 625 g/mol. The molecule has 242 valence electrons. The molecule has 0 saturated heterocycles. The van der Waals surface area contributed by atoms with Crippen LogP contribution in [0.2, 0.25) is 0 Å². The van der Waals surface area contributed by atoms with E-state index in [4.69, 9.17) is 14.5 Å². The van der Waals surface area contributed by atoms with E-state index in [0.29, 0.717) is 11.1 Å². The molecule has 0 amide bonds. The normalized spacial score (nSPS) is 12.9. The van der Waals surface area contributed by atoms with Crippen LogP contribution in [0.1, 0.15) is 86.0 Å². The lowest BCUT2D eigenvalue weighted by Crippen LogP contribution is -2.20. The molecule has 1 aromatic heterocycles. The minimum atomic E-state index is -1.18. The molecule has 2 atom stereocenters. The summed E-state index contributed by atoms with van der Waals surface area (Å²) in [7, 11) is 1.60. The second-order valence-electron chi connectivity index (χ2n) is 11.4. The number of pyridine rings is 1. The molecule has 0 spiro atoms. The molecule has 3 rings (SSSR count). The van der Waals surface area contributed by atoms with Gasteiger partial charge in [-0.3, -0.25) is 9.78 Å². The molecule has 45 heavy (non-hydrogen) atoms. The van der Waals surface area contributed by atoms with E-state index in [2.05, 4.69) is 18.7 Å². The summed E-state index contributed by atoms with van der Waals surface area (Å²) in [6.45, 7) is 8.12. The molecule has 2 aromatic carbocycles. The maximum Gasteiger partial charge on any atom is 0.308 e. The molecule has 0 aliphatic rings. The number of aliphatic hydroxyl groups is 2. The number of hydrogen-bond acceptors (Lipinski definition) is 9. The second kappa shape index (κ2) is 16.8. The lowest BCUT2D eigenvalue weighted by molar-refractivity contribution is -0.763. The van der Waals surface area contributed by atoms with E-state index in [0.717, 1.165) is 33.6 Å². The highest BCUT2D eigenvalue weighted by atomic mass is 19.1. The summed E-state index contributed by atoms with van der Waals surface area (Å²) in [4.78, 5) is 32.2. The number of carbonyl (C=O) groups is 1. The van der Waals surface area contributed by atoms with Crippen LogP contribution >= 0.6 is 0 Å². The van der Waals surface area contributed by atoms with Crippen LogP contribution in [0.5, 0.6) is 0 Å². The molecule has 0 fully saturated rings. The van der Waals surface area contributed by atoms with Crippen molar-refractivity contribution < 1.29 is 38.8 Å². The Balaban J connectivity index is 1.76. The van der Waals surface area contributed by atoms with Gasteiger partial charge in [0.25, 0.3) is 5.09 Å². The largest absolute Gasteiger partial charge is 0.461 e. The number of hydrogen-bond donors (Lipinski definition) is 2. The Morgan fingerprint density at radius 1 is 1.00 bits per heavy atom. The average Bonchev–Trinajstić information content (AvgIpc) is 2.98. The molecule has 0 radical (unpaired) electrons. The van der Waals surface area contributed by atoms with Gasteiger partial charge >= 0.3 is 5.97 Å². The van der Waals surface area contributed by atoms with Gasteiger partial charge in [0.2, 0.25) is 0 Å². The van der Waals surface area contributed by atoms with Gasteiger partial charge in [0.15, 0.2) is 0 Å². The van der Waals surface area contributed by atoms with E-state index in [1.54, 1.807) is 55.7 Å². The summed E-state index contributed by atoms with van der Waals surface area (Å²) in [5, 5.41) is 30.9. The molecular formula is C34H41FN2O8. The van der Waals surface area contributed by atoms with Crippen LogP contribution in [0.4, 0.5) is 4.39 Å². The molecule has 2 N–H and O–H groups in total. The van der Waals surface area contributed by atoms with Gasteiger partial charge in [0.1, 0.15) is 19.0 Å². The first kappa shape index (κ1) is 35.3. The molecule has 0 aliphatic carbocycles. The standard InChI is InChI=1S/C34H41FN2O8/c1-21(2)33-29(32(25-9-11-26(35)12-10-25)30(20-43-5)34(36-33)22(3)4)14-13-27(38)16-28(39)17-31(40)44-18-23-7-6-8-24(15-23)19-45-37(41)42/h6-15,21-22,27-28,38-39H,16-20H2,1-5H3/b14-13+/t27-,28-/m1/s1. The van der Waals surface area contributed by atoms with E-state index in [1.165, 1.54) is 12.1 Å². The van der Waals surface area contributed by atoms with Gasteiger partial charge in [-0.1, -0.05) is 76.2 Å². The van der Waals surface area contributed by atoms with Crippen molar-refractivity contribution in [2.75, 3.05) is 7.11 Å². The van der Waals surface area contributed by atoms with E-state index >= 15 is 0 Å². The van der Waals surface area contributed by atoms with Crippen LogP contribution in [0.15, 0.2) is 54.6 Å². The predicted molar refractivity (Wildman–Crippen MR) is 167 cm³/mol. The van der Waals surface area contributed by atoms with Gasteiger partial charge < -0.3 is 24.5 Å². The quantitative estimate of drug-likeness (QED) is 0.107. The van der Waals surface area contributed by atoms with Crippen molar-refractivity contribution in [3.05, 3.63) is 104 Å². The van der Waals surface area contributed by atoms with Crippen LogP contribution in [0.25, 0.3) is 17.2 Å². The lowest BCUT2D eigenvalue weighted by atomic mass is 9.87. The number of carbonyl (C=O) groups excluding carboxylic acids is 1. The third kappa shape index (κ3) is 10.4. The number of esters is 1. The first-order valence-electron chi connectivity index (χ1n) is 14.8. The smallest absolute Gasteiger partial charge is 0.308 e. The Morgan fingerprint density at radius 3 is 2.24 bits per heavy atom. The Hall–Kier alpha value is -4.19. The van der Waals surface area contributed by atoms with Crippen molar-refractivity contribution >= 4 is 12.0 Å². The molecule has 0 saturated carbocycles. The minimum absolute atomic E-state index is 0.0248. The van der Waals surface area contributed by atoms with Crippen LogP contribution in [-0.2, 0) is 38.9 Å². The van der Waals surface area contributed by atoms with Gasteiger partial charge in [-0.2, -0.15) is 0 Å². The Morgan fingerprint density at radius 2 is 1.64 bits per heavy atom. The van der Waals surface area contributed by atoms with E-state index < -0.39 is 23.3 Å². The van der Waals surface area contributed by atoms with Crippen molar-refractivity contribution in [1.29, 1.82) is 0 Å². The fraction of sp³-hybridized carbons (Fsp3) is 0.412. The Labute approximate surface area is 262 Å². The summed E-state index contributed by atoms with van der Waals surface area (Å²) < 4.78 is 24.7. The van der Waals surface area contributed by atoms with Crippen LogP contribution < -0.4 is 0 Å². The fourth-order valence-corrected chi connectivity index (χ4v) is 5.00. The number of aromatic nitrogens is 1. The number of methoxy groups -OCH3 is 1. The number of benzene rings is 2. The maximum atomic E-state index is 13.9. The number of aliphatic hydroxyl groups excluding tert-OH is 2. The molecule has 1 heterocycles. The summed E-state index contributed by atoms with van der Waals surface area (Å²) in [5.41, 5.74) is 6.07. The molecule has 11 heteroatoms. The van der Waals surface area contributed by atoms with E-state index in [-0.39, 0.29) is 50.3 Å². The summed E-state index contributed by atoms with van der Waals surface area (Å²) in [6, 6.07) is 12.8. The summed E-state index contributed by atoms with van der Waals surface area (Å²) in [5.74, 6) is -0.900. The monoisotopic (exact) mass is 624 g/mol. The summed E-state index contributed by atoms with van der Waals surface area (Å²) >= 11 is 0. The highest BCUT2D eigenvalue weighted by Gasteiger charge is 2.23. The lowest BCUT2D eigenvalue weighted by Gasteiger charge is -2.23. The topological polar surface area (TPSA) is 141 Å². The van der Waals surface area contributed by atoms with Gasteiger partial charge in [-0.25, -0.2) is 4.39 Å². The molecule has 3 aromatic rings. The zero-order chi connectivity index (χ0) is 33.1. The Kier molecular flexibility index (Phi) is 13.1. The van der Waals surface area contributed by atoms with Crippen molar-refractivity contribution in [1.82, 2.24) is 4.98 Å². The van der Waals surface area contributed by atoms with Crippen LogP contribution in [-0.4, -0.2) is 45.6 Å². The first-order chi connectivity index (χ1) is 21.4. The van der Waals surface area contributed by atoms with Crippen molar-refractivity contribution in [2.24, 2.45) is 0 Å².